The number of carbonyl (C=O) groups excluding carboxylic acids is 2. The Balaban J connectivity index is 1.90. The van der Waals surface area contributed by atoms with Crippen LogP contribution in [0.3, 0.4) is 0 Å². The van der Waals surface area contributed by atoms with Gasteiger partial charge < -0.3 is 15.4 Å². The van der Waals surface area contributed by atoms with Crippen molar-refractivity contribution in [1.29, 1.82) is 0 Å². The molecule has 0 aliphatic rings. The van der Waals surface area contributed by atoms with Crippen molar-refractivity contribution in [2.24, 2.45) is 0 Å². The normalized spacial score (nSPS) is 11.2. The van der Waals surface area contributed by atoms with E-state index in [0.717, 1.165) is 6.42 Å². The zero-order valence-electron chi connectivity index (χ0n) is 16.2. The van der Waals surface area contributed by atoms with Crippen LogP contribution in [0.5, 0.6) is 5.75 Å². The van der Waals surface area contributed by atoms with Gasteiger partial charge in [-0.15, -0.1) is 0 Å². The van der Waals surface area contributed by atoms with E-state index in [4.69, 9.17) is 17.0 Å². The second kappa shape index (κ2) is 10.4. The fourth-order valence-electron chi connectivity index (χ4n) is 2.32. The highest BCUT2D eigenvalue weighted by Crippen LogP contribution is 2.13. The minimum Gasteiger partial charge on any atom is -0.494 e. The van der Waals surface area contributed by atoms with Gasteiger partial charge in [0.1, 0.15) is 5.75 Å². The smallest absolute Gasteiger partial charge is 0.257 e. The maximum Gasteiger partial charge on any atom is 0.257 e. The number of benzene rings is 2. The van der Waals surface area contributed by atoms with E-state index in [-0.39, 0.29) is 23.0 Å². The number of rotatable bonds is 7. The molecule has 28 heavy (non-hydrogen) atoms. The minimum atomic E-state index is -0.315. The molecule has 0 spiro atoms. The first kappa shape index (κ1) is 21.4. The van der Waals surface area contributed by atoms with Gasteiger partial charge in [-0.2, -0.15) is 0 Å². The molecule has 1 atom stereocenters. The molecule has 0 heterocycles. The second-order valence-electron chi connectivity index (χ2n) is 6.23. The predicted molar refractivity (Wildman–Crippen MR) is 115 cm³/mol. The molecule has 0 radical (unpaired) electrons. The molecule has 6 nitrogen and oxygen atoms in total. The summed E-state index contributed by atoms with van der Waals surface area (Å²) in [4.78, 5) is 24.3. The molecule has 3 N–H and O–H groups in total. The molecule has 2 aromatic carbocycles. The number of thiocarbonyl (C=S) groups is 1. The lowest BCUT2D eigenvalue weighted by Gasteiger charge is -2.12. The van der Waals surface area contributed by atoms with Crippen molar-refractivity contribution in [1.82, 2.24) is 10.6 Å². The van der Waals surface area contributed by atoms with Gasteiger partial charge >= 0.3 is 0 Å². The van der Waals surface area contributed by atoms with E-state index in [2.05, 4.69) is 16.0 Å². The summed E-state index contributed by atoms with van der Waals surface area (Å²) in [5, 5.41) is 8.65. The number of amides is 2. The summed E-state index contributed by atoms with van der Waals surface area (Å²) in [6.45, 7) is 6.44. The molecular formula is C21H25N3O3S. The molecule has 0 aliphatic heterocycles. The van der Waals surface area contributed by atoms with Crippen molar-refractivity contribution >= 4 is 34.8 Å². The van der Waals surface area contributed by atoms with Crippen molar-refractivity contribution < 1.29 is 14.3 Å². The Morgan fingerprint density at radius 2 is 1.54 bits per heavy atom. The van der Waals surface area contributed by atoms with Crippen molar-refractivity contribution in [3.63, 3.8) is 0 Å². The molecule has 0 bridgehead atoms. The SMILES string of the molecule is CCOc1ccc(C(=O)NC(=S)Nc2ccc(C(=O)NC(C)CC)cc2)cc1. The number of carbonyl (C=O) groups is 2. The van der Waals surface area contributed by atoms with Gasteiger partial charge in [0.25, 0.3) is 11.8 Å². The van der Waals surface area contributed by atoms with Crippen LogP contribution in [-0.2, 0) is 0 Å². The fraction of sp³-hybridized carbons (Fsp3) is 0.286. The fourth-order valence-corrected chi connectivity index (χ4v) is 2.53. The van der Waals surface area contributed by atoms with Crippen LogP contribution in [0.15, 0.2) is 48.5 Å². The number of hydrogen-bond donors (Lipinski definition) is 3. The second-order valence-corrected chi connectivity index (χ2v) is 6.63. The Morgan fingerprint density at radius 3 is 2.11 bits per heavy atom. The summed E-state index contributed by atoms with van der Waals surface area (Å²) in [6.07, 6.45) is 0.869. The summed E-state index contributed by atoms with van der Waals surface area (Å²) >= 11 is 5.19. The first-order valence-corrected chi connectivity index (χ1v) is 9.59. The lowest BCUT2D eigenvalue weighted by Crippen LogP contribution is -2.34. The molecule has 0 aliphatic carbocycles. The summed E-state index contributed by atoms with van der Waals surface area (Å²) in [6, 6.07) is 13.8. The van der Waals surface area contributed by atoms with Crippen LogP contribution >= 0.6 is 12.2 Å². The predicted octanol–water partition coefficient (Wildman–Crippen LogP) is 3.74. The maximum absolute atomic E-state index is 12.3. The number of anilines is 1. The quantitative estimate of drug-likeness (QED) is 0.618. The molecule has 2 amide bonds. The standard InChI is InChI=1S/C21H25N3O3S/c1-4-14(3)22-19(25)15-6-10-17(11-7-15)23-21(28)24-20(26)16-8-12-18(13-9-16)27-5-2/h6-14H,4-5H2,1-3H3,(H,22,25)(H2,23,24,26,28). The van der Waals surface area contributed by atoms with Crippen LogP contribution in [0.1, 0.15) is 47.9 Å². The third-order valence-corrected chi connectivity index (χ3v) is 4.25. The van der Waals surface area contributed by atoms with Crippen LogP contribution in [0.4, 0.5) is 5.69 Å². The van der Waals surface area contributed by atoms with Gasteiger partial charge in [0, 0.05) is 22.9 Å². The highest BCUT2D eigenvalue weighted by Gasteiger charge is 2.10. The molecule has 1 unspecified atom stereocenters. The zero-order valence-corrected chi connectivity index (χ0v) is 17.1. The lowest BCUT2D eigenvalue weighted by molar-refractivity contribution is 0.0937. The van der Waals surface area contributed by atoms with Crippen LogP contribution < -0.4 is 20.7 Å². The first-order chi connectivity index (χ1) is 13.4. The Labute approximate surface area is 170 Å². The number of hydrogen-bond acceptors (Lipinski definition) is 4. The molecular weight excluding hydrogens is 374 g/mol. The van der Waals surface area contributed by atoms with Crippen LogP contribution in [0.2, 0.25) is 0 Å². The Bertz CT molecular complexity index is 820. The van der Waals surface area contributed by atoms with E-state index in [1.54, 1.807) is 48.5 Å². The van der Waals surface area contributed by atoms with Gasteiger partial charge in [-0.1, -0.05) is 6.92 Å². The Kier molecular flexibility index (Phi) is 7.95. The Hall–Kier alpha value is -2.93. The van der Waals surface area contributed by atoms with E-state index in [1.807, 2.05) is 20.8 Å². The monoisotopic (exact) mass is 399 g/mol. The van der Waals surface area contributed by atoms with E-state index in [9.17, 15) is 9.59 Å². The molecule has 2 rings (SSSR count). The van der Waals surface area contributed by atoms with Crippen LogP contribution in [-0.4, -0.2) is 29.6 Å². The summed E-state index contributed by atoms with van der Waals surface area (Å²) < 4.78 is 5.36. The van der Waals surface area contributed by atoms with Crippen LogP contribution in [0, 0.1) is 0 Å². The molecule has 0 saturated heterocycles. The molecule has 0 fully saturated rings. The van der Waals surface area contributed by atoms with Crippen molar-refractivity contribution in [3.05, 3.63) is 59.7 Å². The summed E-state index contributed by atoms with van der Waals surface area (Å²) in [5.74, 6) is 0.273. The molecule has 2 aromatic rings. The molecule has 0 saturated carbocycles. The van der Waals surface area contributed by atoms with Gasteiger partial charge in [0.2, 0.25) is 0 Å². The van der Waals surface area contributed by atoms with Crippen molar-refractivity contribution in [2.75, 3.05) is 11.9 Å². The average molecular weight is 400 g/mol. The maximum atomic E-state index is 12.3. The van der Waals surface area contributed by atoms with E-state index >= 15 is 0 Å². The summed E-state index contributed by atoms with van der Waals surface area (Å²) in [7, 11) is 0. The summed E-state index contributed by atoms with van der Waals surface area (Å²) in [5.41, 5.74) is 1.72. The van der Waals surface area contributed by atoms with Gasteiger partial charge in [0.15, 0.2) is 5.11 Å². The van der Waals surface area contributed by atoms with E-state index < -0.39 is 0 Å². The third kappa shape index (κ3) is 6.35. The van der Waals surface area contributed by atoms with E-state index in [1.165, 1.54) is 0 Å². The van der Waals surface area contributed by atoms with Gasteiger partial charge in [-0.3, -0.25) is 14.9 Å². The minimum absolute atomic E-state index is 0.118. The molecule has 148 valence electrons. The number of ether oxygens (including phenoxy) is 1. The van der Waals surface area contributed by atoms with Crippen LogP contribution in [0.25, 0.3) is 0 Å². The molecule has 7 heteroatoms. The van der Waals surface area contributed by atoms with Crippen molar-refractivity contribution in [2.45, 2.75) is 33.2 Å². The average Bonchev–Trinajstić information content (AvgIpc) is 2.69. The Morgan fingerprint density at radius 1 is 0.964 bits per heavy atom. The van der Waals surface area contributed by atoms with Gasteiger partial charge in [0.05, 0.1) is 6.61 Å². The van der Waals surface area contributed by atoms with Gasteiger partial charge in [-0.25, -0.2) is 0 Å². The van der Waals surface area contributed by atoms with E-state index in [0.29, 0.717) is 29.2 Å². The first-order valence-electron chi connectivity index (χ1n) is 9.19. The van der Waals surface area contributed by atoms with Gasteiger partial charge in [-0.05, 0) is 81.0 Å². The topological polar surface area (TPSA) is 79.5 Å². The molecule has 0 aromatic heterocycles. The highest BCUT2D eigenvalue weighted by molar-refractivity contribution is 7.80. The highest BCUT2D eigenvalue weighted by atomic mass is 32.1. The third-order valence-electron chi connectivity index (χ3n) is 4.05. The van der Waals surface area contributed by atoms with Crippen molar-refractivity contribution in [3.8, 4) is 5.75 Å². The zero-order chi connectivity index (χ0) is 20.5. The largest absolute Gasteiger partial charge is 0.494 e. The number of nitrogens with one attached hydrogen (secondary N) is 3. The lowest BCUT2D eigenvalue weighted by atomic mass is 10.1.